The van der Waals surface area contributed by atoms with Crippen molar-refractivity contribution in [1.82, 2.24) is 9.97 Å². The monoisotopic (exact) mass is 152 g/mol. The molecule has 0 bridgehead atoms. The first-order valence-corrected chi connectivity index (χ1v) is 3.66. The van der Waals surface area contributed by atoms with Crippen LogP contribution in [0.15, 0.2) is 12.3 Å². The lowest BCUT2D eigenvalue weighted by molar-refractivity contribution is 0.177. The van der Waals surface area contributed by atoms with Gasteiger partial charge >= 0.3 is 0 Å². The first-order chi connectivity index (χ1) is 5.36. The molecule has 0 radical (unpaired) electrons. The van der Waals surface area contributed by atoms with Gasteiger partial charge in [0.05, 0.1) is 0 Å². The molecule has 0 aliphatic rings. The van der Waals surface area contributed by atoms with Crippen molar-refractivity contribution < 1.29 is 4.74 Å². The van der Waals surface area contributed by atoms with Crippen LogP contribution in [0.1, 0.15) is 18.4 Å². The lowest BCUT2D eigenvalue weighted by atomic mass is 10.3. The Labute approximate surface area is 66.4 Å². The second-order valence-electron chi connectivity index (χ2n) is 2.25. The predicted octanol–water partition coefficient (Wildman–Crippen LogP) is 1.19. The minimum atomic E-state index is 0.494. The van der Waals surface area contributed by atoms with E-state index in [1.807, 2.05) is 6.07 Å². The van der Waals surface area contributed by atoms with Gasteiger partial charge < -0.3 is 4.74 Å². The highest BCUT2D eigenvalue weighted by atomic mass is 16.5. The molecule has 0 spiro atoms. The smallest absolute Gasteiger partial charge is 0.154 e. The molecule has 11 heavy (non-hydrogen) atoms. The van der Waals surface area contributed by atoms with Gasteiger partial charge in [-0.1, -0.05) is 6.92 Å². The summed E-state index contributed by atoms with van der Waals surface area (Å²) < 4.78 is 4.90. The average Bonchev–Trinajstić information content (AvgIpc) is 2.06. The largest absolute Gasteiger partial charge is 0.377 e. The van der Waals surface area contributed by atoms with Crippen LogP contribution < -0.4 is 0 Å². The van der Waals surface area contributed by atoms with Crippen molar-refractivity contribution in [2.24, 2.45) is 0 Å². The number of rotatable bonds is 3. The summed E-state index contributed by atoms with van der Waals surface area (Å²) in [5, 5.41) is 0. The molecule has 1 aromatic heterocycles. The Morgan fingerprint density at radius 2 is 2.36 bits per heavy atom. The van der Waals surface area contributed by atoms with Gasteiger partial charge in [0.15, 0.2) is 5.82 Å². The van der Waals surface area contributed by atoms with E-state index in [2.05, 4.69) is 16.9 Å². The summed E-state index contributed by atoms with van der Waals surface area (Å²) in [6, 6.07) is 1.92. The molecule has 60 valence electrons. The van der Waals surface area contributed by atoms with E-state index in [0.717, 1.165) is 17.9 Å². The minimum Gasteiger partial charge on any atom is -0.377 e. The van der Waals surface area contributed by atoms with Crippen molar-refractivity contribution in [3.63, 3.8) is 0 Å². The van der Waals surface area contributed by atoms with Gasteiger partial charge in [0.2, 0.25) is 0 Å². The highest BCUT2D eigenvalue weighted by Gasteiger charge is 1.95. The van der Waals surface area contributed by atoms with Crippen molar-refractivity contribution in [2.45, 2.75) is 20.0 Å². The molecule has 0 amide bonds. The van der Waals surface area contributed by atoms with Crippen molar-refractivity contribution in [3.8, 4) is 0 Å². The third kappa shape index (κ3) is 2.27. The summed E-state index contributed by atoms with van der Waals surface area (Å²) in [6.45, 7) is 2.56. The maximum Gasteiger partial charge on any atom is 0.154 e. The summed E-state index contributed by atoms with van der Waals surface area (Å²) in [7, 11) is 1.64. The molecule has 0 unspecified atom stereocenters. The lowest BCUT2D eigenvalue weighted by Gasteiger charge is -1.99. The van der Waals surface area contributed by atoms with E-state index in [4.69, 9.17) is 4.74 Å². The van der Waals surface area contributed by atoms with E-state index in [1.165, 1.54) is 0 Å². The van der Waals surface area contributed by atoms with Gasteiger partial charge in [-0.15, -0.1) is 0 Å². The highest BCUT2D eigenvalue weighted by molar-refractivity contribution is 5.01. The Kier molecular flexibility index (Phi) is 2.98. The topological polar surface area (TPSA) is 35.0 Å². The quantitative estimate of drug-likeness (QED) is 0.652. The second-order valence-corrected chi connectivity index (χ2v) is 2.25. The van der Waals surface area contributed by atoms with E-state index >= 15 is 0 Å². The fourth-order valence-electron chi connectivity index (χ4n) is 0.837. The predicted molar refractivity (Wildman–Crippen MR) is 42.1 cm³/mol. The Morgan fingerprint density at radius 1 is 1.55 bits per heavy atom. The molecule has 0 saturated heterocycles. The Morgan fingerprint density at radius 3 is 3.00 bits per heavy atom. The van der Waals surface area contributed by atoms with Crippen molar-refractivity contribution in [1.29, 1.82) is 0 Å². The van der Waals surface area contributed by atoms with Gasteiger partial charge in [-0.3, -0.25) is 0 Å². The van der Waals surface area contributed by atoms with Gasteiger partial charge in [-0.25, -0.2) is 9.97 Å². The zero-order valence-electron chi connectivity index (χ0n) is 6.87. The zero-order valence-corrected chi connectivity index (χ0v) is 6.87. The van der Waals surface area contributed by atoms with Crippen molar-refractivity contribution >= 4 is 0 Å². The number of methoxy groups -OCH3 is 1. The maximum absolute atomic E-state index is 4.90. The third-order valence-electron chi connectivity index (χ3n) is 1.40. The Balaban J connectivity index is 2.74. The van der Waals surface area contributed by atoms with Crippen molar-refractivity contribution in [2.75, 3.05) is 7.11 Å². The molecule has 1 heterocycles. The lowest BCUT2D eigenvalue weighted by Crippen LogP contribution is -1.98. The summed E-state index contributed by atoms with van der Waals surface area (Å²) in [5.74, 6) is 0.756. The fourth-order valence-corrected chi connectivity index (χ4v) is 0.837. The summed E-state index contributed by atoms with van der Waals surface area (Å²) >= 11 is 0. The molecular formula is C8H12N2O. The minimum absolute atomic E-state index is 0.494. The van der Waals surface area contributed by atoms with Crippen LogP contribution in [0, 0.1) is 0 Å². The van der Waals surface area contributed by atoms with Crippen LogP contribution in [0.2, 0.25) is 0 Å². The van der Waals surface area contributed by atoms with Crippen LogP contribution in [0.5, 0.6) is 0 Å². The Hall–Kier alpha value is -0.960. The Bertz CT molecular complexity index is 225. The number of hydrogen-bond acceptors (Lipinski definition) is 3. The van der Waals surface area contributed by atoms with E-state index in [1.54, 1.807) is 13.3 Å². The maximum atomic E-state index is 4.90. The molecule has 1 rings (SSSR count). The number of hydrogen-bond donors (Lipinski definition) is 0. The van der Waals surface area contributed by atoms with Crippen LogP contribution in [0.3, 0.4) is 0 Å². The standard InChI is InChI=1S/C8H12N2O/c1-3-7-4-5-9-8(10-7)6-11-2/h4-5H,3,6H2,1-2H3. The van der Waals surface area contributed by atoms with Crippen LogP contribution in [-0.4, -0.2) is 17.1 Å². The number of nitrogens with zero attached hydrogens (tertiary/aromatic N) is 2. The number of aromatic nitrogens is 2. The number of ether oxygens (including phenoxy) is 1. The number of aryl methyl sites for hydroxylation is 1. The molecular weight excluding hydrogens is 140 g/mol. The van der Waals surface area contributed by atoms with E-state index in [9.17, 15) is 0 Å². The summed E-state index contributed by atoms with van der Waals surface area (Å²) in [5.41, 5.74) is 1.06. The van der Waals surface area contributed by atoms with Crippen molar-refractivity contribution in [3.05, 3.63) is 23.8 Å². The van der Waals surface area contributed by atoms with Crippen LogP contribution >= 0.6 is 0 Å². The summed E-state index contributed by atoms with van der Waals surface area (Å²) in [4.78, 5) is 8.29. The normalized spacial score (nSPS) is 10.0. The second kappa shape index (κ2) is 4.03. The fraction of sp³-hybridized carbons (Fsp3) is 0.500. The van der Waals surface area contributed by atoms with Gasteiger partial charge in [-0.2, -0.15) is 0 Å². The highest BCUT2D eigenvalue weighted by Crippen LogP contribution is 1.96. The zero-order chi connectivity index (χ0) is 8.10. The van der Waals surface area contributed by atoms with Gasteiger partial charge in [-0.05, 0) is 12.5 Å². The molecule has 0 aliphatic carbocycles. The van der Waals surface area contributed by atoms with E-state index in [-0.39, 0.29) is 0 Å². The molecule has 0 saturated carbocycles. The molecule has 0 atom stereocenters. The first-order valence-electron chi connectivity index (χ1n) is 3.66. The third-order valence-corrected chi connectivity index (χ3v) is 1.40. The van der Waals surface area contributed by atoms with Gasteiger partial charge in [0, 0.05) is 19.0 Å². The average molecular weight is 152 g/mol. The molecule has 1 aromatic rings. The van der Waals surface area contributed by atoms with Crippen LogP contribution in [0.4, 0.5) is 0 Å². The molecule has 0 aliphatic heterocycles. The van der Waals surface area contributed by atoms with Gasteiger partial charge in [0.25, 0.3) is 0 Å². The van der Waals surface area contributed by atoms with E-state index < -0.39 is 0 Å². The molecule has 0 N–H and O–H groups in total. The van der Waals surface area contributed by atoms with E-state index in [0.29, 0.717) is 6.61 Å². The first kappa shape index (κ1) is 8.14. The molecule has 0 aromatic carbocycles. The van der Waals surface area contributed by atoms with Crippen LogP contribution in [-0.2, 0) is 17.8 Å². The SMILES string of the molecule is CCc1ccnc(COC)n1. The summed E-state index contributed by atoms with van der Waals surface area (Å²) in [6.07, 6.45) is 2.71. The molecule has 0 fully saturated rings. The van der Waals surface area contributed by atoms with Crippen LogP contribution in [0.25, 0.3) is 0 Å². The molecule has 3 heteroatoms. The van der Waals surface area contributed by atoms with Gasteiger partial charge in [0.1, 0.15) is 6.61 Å². The molecule has 3 nitrogen and oxygen atoms in total.